The summed E-state index contributed by atoms with van der Waals surface area (Å²) in [5.41, 5.74) is 1.32. The number of allylic oxidation sites excluding steroid dienone is 5. The Morgan fingerprint density at radius 2 is 1.78 bits per heavy atom. The van der Waals surface area contributed by atoms with Crippen LogP contribution in [0.4, 0.5) is 0 Å². The van der Waals surface area contributed by atoms with Crippen LogP contribution in [0.3, 0.4) is 0 Å². The lowest BCUT2D eigenvalue weighted by Gasteiger charge is -2.28. The summed E-state index contributed by atoms with van der Waals surface area (Å²) in [5, 5.41) is 10.3. The highest BCUT2D eigenvalue weighted by atomic mass is 16.6. The molecule has 0 saturated heterocycles. The molecule has 5 nitrogen and oxygen atoms in total. The van der Waals surface area contributed by atoms with E-state index in [2.05, 4.69) is 38.6 Å². The van der Waals surface area contributed by atoms with Gasteiger partial charge < -0.3 is 19.3 Å². The summed E-state index contributed by atoms with van der Waals surface area (Å²) >= 11 is 0. The Balaban J connectivity index is 2.07. The van der Waals surface area contributed by atoms with Crippen molar-refractivity contribution in [3.63, 3.8) is 0 Å². The highest BCUT2D eigenvalue weighted by Gasteiger charge is 2.26. The molecular weight excluding hydrogens is 464 g/mol. The minimum Gasteiger partial charge on any atom is -0.488 e. The molecule has 5 heteroatoms. The molecule has 0 radical (unpaired) electrons. The van der Waals surface area contributed by atoms with Gasteiger partial charge in [0.1, 0.15) is 29.8 Å². The minimum absolute atomic E-state index is 0.145. The number of benzene rings is 1. The molecule has 4 atom stereocenters. The Labute approximate surface area is 223 Å². The molecule has 2 rings (SSSR count). The molecule has 0 heterocycles. The zero-order chi connectivity index (χ0) is 27.4. The van der Waals surface area contributed by atoms with Crippen LogP contribution in [-0.4, -0.2) is 35.5 Å². The molecule has 0 amide bonds. The third-order valence-corrected chi connectivity index (χ3v) is 6.77. The summed E-state index contributed by atoms with van der Waals surface area (Å²) in [6.45, 7) is 15.6. The fourth-order valence-corrected chi connectivity index (χ4v) is 4.39. The van der Waals surface area contributed by atoms with Crippen molar-refractivity contribution in [3.05, 3.63) is 78.1 Å². The molecule has 1 aliphatic rings. The van der Waals surface area contributed by atoms with Crippen LogP contribution in [0.2, 0.25) is 0 Å². The first-order chi connectivity index (χ1) is 17.6. The molecule has 1 saturated carbocycles. The third kappa shape index (κ3) is 9.55. The van der Waals surface area contributed by atoms with Crippen molar-refractivity contribution < 1.29 is 24.1 Å². The summed E-state index contributed by atoms with van der Waals surface area (Å²) < 4.78 is 17.9. The van der Waals surface area contributed by atoms with Crippen molar-refractivity contribution in [2.24, 2.45) is 0 Å². The Morgan fingerprint density at radius 3 is 2.35 bits per heavy atom. The SMILES string of the molecule is C=C(C)C(=O)OC(CC)C(CC)Oc1ccc(C(C)(C)C=C/C=C(\C=C/C)OC2CCCCC2O)cc1. The van der Waals surface area contributed by atoms with Gasteiger partial charge in [0.2, 0.25) is 0 Å². The number of aliphatic hydroxyl groups excluding tert-OH is 1. The molecule has 1 fully saturated rings. The van der Waals surface area contributed by atoms with E-state index in [-0.39, 0.29) is 29.7 Å². The standard InChI is InChI=1S/C32H46O5/c1-8-14-25(36-30-17-12-11-16-27(30)33)15-13-22-32(6,7)24-18-20-26(21-19-24)35-28(9-2)29(10-3)37-31(34)23(4)5/h8,13-15,18-22,27-30,33H,4,9-12,16-17H2,1-3,5-7H3/b14-8-,22-13?,25-15+. The average molecular weight is 511 g/mol. The van der Waals surface area contributed by atoms with Crippen LogP contribution >= 0.6 is 0 Å². The monoisotopic (exact) mass is 510 g/mol. The predicted octanol–water partition coefficient (Wildman–Crippen LogP) is 7.36. The van der Waals surface area contributed by atoms with Gasteiger partial charge in [-0.2, -0.15) is 0 Å². The van der Waals surface area contributed by atoms with Gasteiger partial charge in [-0.1, -0.05) is 71.1 Å². The van der Waals surface area contributed by atoms with Gasteiger partial charge in [0.05, 0.1) is 6.10 Å². The molecule has 0 aromatic heterocycles. The molecule has 1 aromatic rings. The van der Waals surface area contributed by atoms with Gasteiger partial charge in [-0.25, -0.2) is 4.79 Å². The summed E-state index contributed by atoms with van der Waals surface area (Å²) in [6, 6.07) is 8.07. The minimum atomic E-state index is -0.401. The van der Waals surface area contributed by atoms with E-state index in [0.29, 0.717) is 12.0 Å². The van der Waals surface area contributed by atoms with Crippen molar-refractivity contribution in [2.45, 2.75) is 110 Å². The summed E-state index contributed by atoms with van der Waals surface area (Å²) in [7, 11) is 0. The Hall–Kier alpha value is -2.79. The van der Waals surface area contributed by atoms with Crippen LogP contribution in [0.15, 0.2) is 72.6 Å². The second kappa shape index (κ2) is 14.8. The van der Waals surface area contributed by atoms with E-state index < -0.39 is 6.10 Å². The van der Waals surface area contributed by atoms with Gasteiger partial charge in [0.25, 0.3) is 0 Å². The van der Waals surface area contributed by atoms with Crippen LogP contribution in [0, 0.1) is 0 Å². The van der Waals surface area contributed by atoms with Crippen molar-refractivity contribution >= 4 is 5.97 Å². The first kappa shape index (κ1) is 30.4. The van der Waals surface area contributed by atoms with Crippen LogP contribution in [-0.2, 0) is 19.7 Å². The largest absolute Gasteiger partial charge is 0.488 e. The van der Waals surface area contributed by atoms with Crippen molar-refractivity contribution in [2.75, 3.05) is 0 Å². The van der Waals surface area contributed by atoms with E-state index in [0.717, 1.165) is 49.2 Å². The van der Waals surface area contributed by atoms with Crippen LogP contribution < -0.4 is 4.74 Å². The maximum Gasteiger partial charge on any atom is 0.333 e. The quantitative estimate of drug-likeness (QED) is 0.130. The van der Waals surface area contributed by atoms with E-state index in [9.17, 15) is 9.90 Å². The van der Waals surface area contributed by atoms with Crippen LogP contribution in [0.25, 0.3) is 0 Å². The van der Waals surface area contributed by atoms with E-state index in [1.165, 1.54) is 0 Å². The second-order valence-corrected chi connectivity index (χ2v) is 10.4. The van der Waals surface area contributed by atoms with E-state index in [4.69, 9.17) is 14.2 Å². The summed E-state index contributed by atoms with van der Waals surface area (Å²) in [4.78, 5) is 12.0. The van der Waals surface area contributed by atoms with Crippen molar-refractivity contribution in [3.8, 4) is 5.75 Å². The number of ether oxygens (including phenoxy) is 3. The Bertz CT molecular complexity index is 954. The zero-order valence-corrected chi connectivity index (χ0v) is 23.5. The van der Waals surface area contributed by atoms with Crippen LogP contribution in [0.5, 0.6) is 5.75 Å². The fraction of sp³-hybridized carbons (Fsp3) is 0.531. The van der Waals surface area contributed by atoms with E-state index >= 15 is 0 Å². The van der Waals surface area contributed by atoms with Gasteiger partial charge >= 0.3 is 5.97 Å². The van der Waals surface area contributed by atoms with E-state index in [1.807, 2.05) is 57.2 Å². The second-order valence-electron chi connectivity index (χ2n) is 10.4. The Kier molecular flexibility index (Phi) is 12.2. The molecular formula is C32H46O5. The molecule has 204 valence electrons. The molecule has 0 spiro atoms. The Morgan fingerprint density at radius 1 is 1.14 bits per heavy atom. The van der Waals surface area contributed by atoms with Crippen molar-refractivity contribution in [1.82, 2.24) is 0 Å². The lowest BCUT2D eigenvalue weighted by atomic mass is 9.84. The van der Waals surface area contributed by atoms with Crippen molar-refractivity contribution in [1.29, 1.82) is 0 Å². The fourth-order valence-electron chi connectivity index (χ4n) is 4.39. The van der Waals surface area contributed by atoms with Crippen LogP contribution in [0.1, 0.15) is 85.6 Å². The summed E-state index contributed by atoms with van der Waals surface area (Å²) in [6.07, 6.45) is 14.1. The number of hydrogen-bond acceptors (Lipinski definition) is 5. The number of aliphatic hydroxyl groups is 1. The first-order valence-electron chi connectivity index (χ1n) is 13.6. The molecule has 1 N–H and O–H groups in total. The molecule has 1 aliphatic carbocycles. The highest BCUT2D eigenvalue weighted by molar-refractivity contribution is 5.87. The third-order valence-electron chi connectivity index (χ3n) is 6.77. The van der Waals surface area contributed by atoms with Gasteiger partial charge in [-0.15, -0.1) is 0 Å². The zero-order valence-electron chi connectivity index (χ0n) is 23.5. The number of carbonyl (C=O) groups is 1. The first-order valence-corrected chi connectivity index (χ1v) is 13.6. The van der Waals surface area contributed by atoms with Gasteiger partial charge in [-0.3, -0.25) is 0 Å². The van der Waals surface area contributed by atoms with Gasteiger partial charge in [-0.05, 0) is 75.8 Å². The normalized spacial score (nSPS) is 20.6. The lowest BCUT2D eigenvalue weighted by Crippen LogP contribution is -2.35. The van der Waals surface area contributed by atoms with Gasteiger partial charge in [0.15, 0.2) is 0 Å². The number of esters is 1. The molecule has 0 bridgehead atoms. The average Bonchev–Trinajstić information content (AvgIpc) is 2.87. The number of hydrogen-bond donors (Lipinski definition) is 1. The lowest BCUT2D eigenvalue weighted by molar-refractivity contribution is -0.149. The summed E-state index contributed by atoms with van der Waals surface area (Å²) in [5.74, 6) is 1.12. The molecule has 37 heavy (non-hydrogen) atoms. The molecule has 4 unspecified atom stereocenters. The highest BCUT2D eigenvalue weighted by Crippen LogP contribution is 2.28. The van der Waals surface area contributed by atoms with Gasteiger partial charge in [0, 0.05) is 11.0 Å². The maximum atomic E-state index is 12.0. The van der Waals surface area contributed by atoms with E-state index in [1.54, 1.807) is 6.92 Å². The number of rotatable bonds is 13. The predicted molar refractivity (Wildman–Crippen MR) is 151 cm³/mol. The smallest absolute Gasteiger partial charge is 0.333 e. The molecule has 0 aliphatic heterocycles. The number of carbonyl (C=O) groups excluding carboxylic acids is 1. The maximum absolute atomic E-state index is 12.0. The topological polar surface area (TPSA) is 65.0 Å². The molecule has 1 aromatic carbocycles.